The van der Waals surface area contributed by atoms with Gasteiger partial charge in [0.2, 0.25) is 17.7 Å². The summed E-state index contributed by atoms with van der Waals surface area (Å²) in [6.45, 7) is 5.30. The molecule has 0 rings (SSSR count). The van der Waals surface area contributed by atoms with Crippen LogP contribution in [-0.4, -0.2) is 71.2 Å². The van der Waals surface area contributed by atoms with E-state index in [1.807, 2.05) is 6.92 Å². The van der Waals surface area contributed by atoms with Crippen molar-refractivity contribution in [3.63, 3.8) is 0 Å². The van der Waals surface area contributed by atoms with Gasteiger partial charge in [0, 0.05) is 12.3 Å². The van der Waals surface area contributed by atoms with Crippen molar-refractivity contribution in [2.24, 2.45) is 28.1 Å². The number of nitrogens with two attached hydrogens (primary N) is 3. The number of nitrogens with zero attached hydrogens (tertiary/aromatic N) is 1. The number of carbonyl (C=O) groups excluding carboxylic acids is 3. The highest BCUT2D eigenvalue weighted by atomic mass is 32.1. The van der Waals surface area contributed by atoms with Crippen molar-refractivity contribution in [2.45, 2.75) is 64.2 Å². The normalized spacial score (nSPS) is 15.5. The van der Waals surface area contributed by atoms with Gasteiger partial charge >= 0.3 is 5.97 Å². The Morgan fingerprint density at radius 2 is 1.58 bits per heavy atom. The highest BCUT2D eigenvalue weighted by molar-refractivity contribution is 7.80. The Hall–Kier alpha value is -2.54. The van der Waals surface area contributed by atoms with Crippen LogP contribution in [0.15, 0.2) is 4.99 Å². The summed E-state index contributed by atoms with van der Waals surface area (Å²) in [7, 11) is 0. The third-order valence-corrected chi connectivity index (χ3v) is 4.95. The van der Waals surface area contributed by atoms with Crippen molar-refractivity contribution in [3.05, 3.63) is 0 Å². The second-order valence-electron chi connectivity index (χ2n) is 7.25. The minimum Gasteiger partial charge on any atom is -0.480 e. The zero-order valence-corrected chi connectivity index (χ0v) is 19.0. The first kappa shape index (κ1) is 28.5. The first-order valence-corrected chi connectivity index (χ1v) is 10.6. The zero-order chi connectivity index (χ0) is 24.1. The molecule has 0 aliphatic heterocycles. The lowest BCUT2D eigenvalue weighted by Gasteiger charge is -2.27. The highest BCUT2D eigenvalue weighted by Gasteiger charge is 2.32. The Balaban J connectivity index is 5.43. The fraction of sp³-hybridized carbons (Fsp3) is 0.722. The lowest BCUT2D eigenvalue weighted by Crippen LogP contribution is -2.58. The Bertz CT molecular complexity index is 655. The van der Waals surface area contributed by atoms with Crippen molar-refractivity contribution in [2.75, 3.05) is 12.3 Å². The SMILES string of the molecule is CCC(C)C(NC(=O)C(CCCN=C(N)N)NC(=O)C(C)N)C(=O)NC(CS)C(=O)O. The molecule has 0 fully saturated rings. The number of hydrogen-bond donors (Lipinski definition) is 8. The molecule has 0 radical (unpaired) electrons. The summed E-state index contributed by atoms with van der Waals surface area (Å²) in [5, 5.41) is 16.7. The van der Waals surface area contributed by atoms with Gasteiger partial charge in [-0.25, -0.2) is 4.79 Å². The molecular formula is C18H35N7O5S. The molecule has 10 N–H and O–H groups in total. The summed E-state index contributed by atoms with van der Waals surface area (Å²) in [6, 6.07) is -4.03. The monoisotopic (exact) mass is 461 g/mol. The van der Waals surface area contributed by atoms with Gasteiger partial charge in [0.1, 0.15) is 18.1 Å². The second kappa shape index (κ2) is 14.5. The average Bonchev–Trinajstić information content (AvgIpc) is 2.70. The van der Waals surface area contributed by atoms with E-state index < -0.39 is 47.9 Å². The van der Waals surface area contributed by atoms with E-state index in [0.717, 1.165) is 0 Å². The van der Waals surface area contributed by atoms with Crippen LogP contribution in [0.3, 0.4) is 0 Å². The van der Waals surface area contributed by atoms with Gasteiger partial charge in [-0.15, -0.1) is 0 Å². The number of amides is 3. The van der Waals surface area contributed by atoms with Crippen LogP contribution in [0, 0.1) is 5.92 Å². The maximum Gasteiger partial charge on any atom is 0.327 e. The smallest absolute Gasteiger partial charge is 0.327 e. The molecule has 0 bridgehead atoms. The number of thiol groups is 1. The minimum absolute atomic E-state index is 0.0914. The molecule has 0 aliphatic rings. The second-order valence-corrected chi connectivity index (χ2v) is 7.62. The molecule has 0 aliphatic carbocycles. The van der Waals surface area contributed by atoms with Gasteiger partial charge in [-0.3, -0.25) is 19.4 Å². The Kier molecular flexibility index (Phi) is 13.3. The maximum atomic E-state index is 12.9. The number of hydrogen-bond acceptors (Lipinski definition) is 7. The van der Waals surface area contributed by atoms with E-state index in [1.165, 1.54) is 6.92 Å². The van der Waals surface area contributed by atoms with Crippen molar-refractivity contribution < 1.29 is 24.3 Å². The lowest BCUT2D eigenvalue weighted by molar-refractivity contribution is -0.142. The van der Waals surface area contributed by atoms with E-state index in [0.29, 0.717) is 12.8 Å². The fourth-order valence-corrected chi connectivity index (χ4v) is 2.73. The van der Waals surface area contributed by atoms with Crippen molar-refractivity contribution in [3.8, 4) is 0 Å². The number of nitrogens with one attached hydrogen (secondary N) is 3. The van der Waals surface area contributed by atoms with Gasteiger partial charge in [0.25, 0.3) is 0 Å². The first-order valence-electron chi connectivity index (χ1n) is 10.00. The molecule has 5 atom stereocenters. The number of carboxylic acids is 1. The van der Waals surface area contributed by atoms with Crippen molar-refractivity contribution >= 4 is 42.3 Å². The third kappa shape index (κ3) is 10.9. The Labute approximate surface area is 187 Å². The molecule has 0 spiro atoms. The van der Waals surface area contributed by atoms with Gasteiger partial charge in [-0.1, -0.05) is 20.3 Å². The molecule has 31 heavy (non-hydrogen) atoms. The molecule has 13 heteroatoms. The van der Waals surface area contributed by atoms with E-state index in [1.54, 1.807) is 6.92 Å². The van der Waals surface area contributed by atoms with E-state index in [-0.39, 0.29) is 30.6 Å². The molecule has 0 aromatic carbocycles. The minimum atomic E-state index is -1.24. The molecular weight excluding hydrogens is 426 g/mol. The van der Waals surface area contributed by atoms with E-state index in [2.05, 4.69) is 33.6 Å². The summed E-state index contributed by atoms with van der Waals surface area (Å²) >= 11 is 3.92. The summed E-state index contributed by atoms with van der Waals surface area (Å²) in [6.07, 6.45) is 1.12. The number of aliphatic carboxylic acids is 1. The molecule has 12 nitrogen and oxygen atoms in total. The number of carboxylic acid groups (broad SMARTS) is 1. The fourth-order valence-electron chi connectivity index (χ4n) is 2.48. The van der Waals surface area contributed by atoms with Crippen LogP contribution in [0.1, 0.15) is 40.0 Å². The lowest BCUT2D eigenvalue weighted by atomic mass is 9.97. The largest absolute Gasteiger partial charge is 0.480 e. The van der Waals surface area contributed by atoms with Crippen LogP contribution in [0.2, 0.25) is 0 Å². The molecule has 3 amide bonds. The van der Waals surface area contributed by atoms with E-state index in [9.17, 15) is 19.2 Å². The Morgan fingerprint density at radius 1 is 1.00 bits per heavy atom. The zero-order valence-electron chi connectivity index (χ0n) is 18.1. The van der Waals surface area contributed by atoms with Crippen LogP contribution in [0.4, 0.5) is 0 Å². The number of carbonyl (C=O) groups is 4. The Morgan fingerprint density at radius 3 is 2.03 bits per heavy atom. The predicted octanol–water partition coefficient (Wildman–Crippen LogP) is -2.10. The van der Waals surface area contributed by atoms with E-state index >= 15 is 0 Å². The molecule has 0 saturated carbocycles. The topological polar surface area (TPSA) is 215 Å². The summed E-state index contributed by atoms with van der Waals surface area (Å²) in [4.78, 5) is 52.6. The molecule has 178 valence electrons. The van der Waals surface area contributed by atoms with Crippen molar-refractivity contribution in [1.29, 1.82) is 0 Å². The van der Waals surface area contributed by atoms with Crippen LogP contribution in [-0.2, 0) is 19.2 Å². The maximum absolute atomic E-state index is 12.9. The molecule has 0 heterocycles. The van der Waals surface area contributed by atoms with Crippen LogP contribution >= 0.6 is 12.6 Å². The number of guanidine groups is 1. The molecule has 5 unspecified atom stereocenters. The number of rotatable bonds is 14. The molecule has 0 saturated heterocycles. The van der Waals surface area contributed by atoms with Gasteiger partial charge in [-0.05, 0) is 25.7 Å². The number of aliphatic imine (C=N–C) groups is 1. The predicted molar refractivity (Wildman–Crippen MR) is 120 cm³/mol. The van der Waals surface area contributed by atoms with Crippen LogP contribution in [0.25, 0.3) is 0 Å². The van der Waals surface area contributed by atoms with Crippen molar-refractivity contribution in [1.82, 2.24) is 16.0 Å². The standard InChI is InChI=1S/C18H35N7O5S/c1-4-9(2)13(16(28)24-12(8-31)17(29)30)25-15(27)11(23-14(26)10(3)19)6-5-7-22-18(20)21/h9-13,31H,4-8,19H2,1-3H3,(H,23,26)(H,24,28)(H,25,27)(H,29,30)(H4,20,21,22). The quantitative estimate of drug-likeness (QED) is 0.0619. The average molecular weight is 462 g/mol. The van der Waals surface area contributed by atoms with E-state index in [4.69, 9.17) is 22.3 Å². The molecule has 0 aromatic rings. The molecule has 0 aromatic heterocycles. The van der Waals surface area contributed by atoms with Gasteiger partial charge in [-0.2, -0.15) is 12.6 Å². The van der Waals surface area contributed by atoms with Gasteiger partial charge in [0.05, 0.1) is 6.04 Å². The van der Waals surface area contributed by atoms with Gasteiger partial charge in [0.15, 0.2) is 5.96 Å². The first-order chi connectivity index (χ1) is 14.4. The van der Waals surface area contributed by atoms with Crippen LogP contribution < -0.4 is 33.2 Å². The summed E-state index contributed by atoms with van der Waals surface area (Å²) in [5.41, 5.74) is 16.1. The summed E-state index contributed by atoms with van der Waals surface area (Å²) in [5.74, 6) is -3.53. The summed E-state index contributed by atoms with van der Waals surface area (Å²) < 4.78 is 0. The van der Waals surface area contributed by atoms with Gasteiger partial charge < -0.3 is 38.3 Å². The third-order valence-electron chi connectivity index (χ3n) is 4.58. The van der Waals surface area contributed by atoms with Crippen LogP contribution in [0.5, 0.6) is 0 Å². The highest BCUT2D eigenvalue weighted by Crippen LogP contribution is 2.10.